The second-order valence-electron chi connectivity index (χ2n) is 4.63. The van der Waals surface area contributed by atoms with Crippen LogP contribution < -0.4 is 5.32 Å². The van der Waals surface area contributed by atoms with E-state index >= 15 is 0 Å². The fourth-order valence-corrected chi connectivity index (χ4v) is 1.52. The summed E-state index contributed by atoms with van der Waals surface area (Å²) in [5, 5.41) is 3.23. The van der Waals surface area contributed by atoms with Crippen LogP contribution in [0.1, 0.15) is 20.8 Å². The van der Waals surface area contributed by atoms with Crippen molar-refractivity contribution in [2.75, 3.05) is 20.3 Å². The lowest BCUT2D eigenvalue weighted by Crippen LogP contribution is -2.48. The number of ketones is 1. The van der Waals surface area contributed by atoms with Crippen LogP contribution in [-0.2, 0) is 14.3 Å². The van der Waals surface area contributed by atoms with Gasteiger partial charge < -0.3 is 14.8 Å². The second kappa shape index (κ2) is 4.38. The van der Waals surface area contributed by atoms with Crippen molar-refractivity contribution in [3.05, 3.63) is 0 Å². The van der Waals surface area contributed by atoms with Crippen LogP contribution in [-0.4, -0.2) is 43.8 Å². The number of methoxy groups -OCH3 is 1. The quantitative estimate of drug-likeness (QED) is 0.716. The third-order valence-corrected chi connectivity index (χ3v) is 2.05. The van der Waals surface area contributed by atoms with Crippen LogP contribution in [0.3, 0.4) is 0 Å². The molecule has 0 spiro atoms. The minimum absolute atomic E-state index is 0.0638. The van der Waals surface area contributed by atoms with Crippen molar-refractivity contribution >= 4 is 5.78 Å². The molecule has 0 amide bonds. The molecule has 1 saturated heterocycles. The predicted molar refractivity (Wildman–Crippen MR) is 53.3 cm³/mol. The van der Waals surface area contributed by atoms with Crippen molar-refractivity contribution < 1.29 is 14.3 Å². The smallest absolute Gasteiger partial charge is 0.183 e. The minimum Gasteiger partial charge on any atom is -0.382 e. The van der Waals surface area contributed by atoms with Crippen molar-refractivity contribution in [1.29, 1.82) is 0 Å². The van der Waals surface area contributed by atoms with Gasteiger partial charge in [-0.05, 0) is 20.8 Å². The summed E-state index contributed by atoms with van der Waals surface area (Å²) in [6.45, 7) is 6.89. The van der Waals surface area contributed by atoms with Gasteiger partial charge in [0, 0.05) is 12.6 Å². The van der Waals surface area contributed by atoms with Gasteiger partial charge in [-0.1, -0.05) is 0 Å². The minimum atomic E-state index is -0.389. The molecule has 0 aromatic carbocycles. The summed E-state index contributed by atoms with van der Waals surface area (Å²) in [5.41, 5.74) is -0.0638. The van der Waals surface area contributed by atoms with Crippen molar-refractivity contribution in [1.82, 2.24) is 5.32 Å². The topological polar surface area (TPSA) is 47.6 Å². The zero-order valence-corrected chi connectivity index (χ0v) is 9.29. The van der Waals surface area contributed by atoms with Crippen LogP contribution in [0, 0.1) is 0 Å². The first kappa shape index (κ1) is 11.6. The molecule has 1 aliphatic rings. The summed E-state index contributed by atoms with van der Waals surface area (Å²) >= 11 is 0. The average Bonchev–Trinajstić information content (AvgIpc) is 2.34. The third-order valence-electron chi connectivity index (χ3n) is 2.05. The van der Waals surface area contributed by atoms with E-state index in [4.69, 9.17) is 9.47 Å². The zero-order chi connectivity index (χ0) is 10.8. The highest BCUT2D eigenvalue weighted by Crippen LogP contribution is 2.12. The Hall–Kier alpha value is -0.450. The highest BCUT2D eigenvalue weighted by Gasteiger charge is 2.36. The van der Waals surface area contributed by atoms with Gasteiger partial charge in [-0.2, -0.15) is 0 Å². The summed E-state index contributed by atoms with van der Waals surface area (Å²) in [6, 6.07) is -0.185. The van der Waals surface area contributed by atoms with E-state index in [9.17, 15) is 4.79 Å². The van der Waals surface area contributed by atoms with Gasteiger partial charge in [0.25, 0.3) is 0 Å². The van der Waals surface area contributed by atoms with Gasteiger partial charge in [0.05, 0.1) is 19.3 Å². The Kier molecular flexibility index (Phi) is 3.64. The lowest BCUT2D eigenvalue weighted by Gasteiger charge is -2.23. The molecule has 1 N–H and O–H groups in total. The van der Waals surface area contributed by atoms with Crippen LogP contribution in [0.2, 0.25) is 0 Å². The average molecular weight is 201 g/mol. The van der Waals surface area contributed by atoms with E-state index in [1.165, 1.54) is 0 Å². The first-order valence-corrected chi connectivity index (χ1v) is 4.86. The number of Topliss-reactive ketones (excluding diaryl/α,β-unsaturated/α-hetero) is 1. The molecule has 2 unspecified atom stereocenters. The summed E-state index contributed by atoms with van der Waals surface area (Å²) < 4.78 is 10.2. The van der Waals surface area contributed by atoms with Crippen LogP contribution in [0.4, 0.5) is 0 Å². The summed E-state index contributed by atoms with van der Waals surface area (Å²) in [7, 11) is 1.57. The number of ether oxygens (including phenoxy) is 2. The Bertz CT molecular complexity index is 210. The standard InChI is InChI=1S/C10H19NO3/c1-10(2,3)11-7-5-14-8(6-13-4)9(7)12/h7-8,11H,5-6H2,1-4H3. The van der Waals surface area contributed by atoms with E-state index in [2.05, 4.69) is 5.32 Å². The first-order valence-electron chi connectivity index (χ1n) is 4.86. The van der Waals surface area contributed by atoms with Gasteiger partial charge in [-0.25, -0.2) is 0 Å². The fraction of sp³-hybridized carbons (Fsp3) is 0.900. The van der Waals surface area contributed by atoms with Gasteiger partial charge >= 0.3 is 0 Å². The van der Waals surface area contributed by atoms with Crippen LogP contribution in [0.15, 0.2) is 0 Å². The molecule has 0 saturated carbocycles. The molecule has 1 heterocycles. The van der Waals surface area contributed by atoms with E-state index in [1.807, 2.05) is 20.8 Å². The Morgan fingerprint density at radius 2 is 2.21 bits per heavy atom. The SMILES string of the molecule is COCC1OCC(NC(C)(C)C)C1=O. The van der Waals surface area contributed by atoms with Crippen LogP contribution in [0.25, 0.3) is 0 Å². The molecule has 0 radical (unpaired) electrons. The Morgan fingerprint density at radius 1 is 1.57 bits per heavy atom. The normalized spacial score (nSPS) is 28.4. The molecule has 4 heteroatoms. The zero-order valence-electron chi connectivity index (χ0n) is 9.29. The van der Waals surface area contributed by atoms with E-state index in [-0.39, 0.29) is 23.5 Å². The van der Waals surface area contributed by atoms with E-state index in [0.29, 0.717) is 13.2 Å². The lowest BCUT2D eigenvalue weighted by molar-refractivity contribution is -0.125. The molecule has 2 atom stereocenters. The van der Waals surface area contributed by atoms with Gasteiger partial charge in [0.15, 0.2) is 5.78 Å². The number of carbonyl (C=O) groups is 1. The summed E-state index contributed by atoms with van der Waals surface area (Å²) in [5.74, 6) is 0.0989. The number of hydrogen-bond donors (Lipinski definition) is 1. The fourth-order valence-electron chi connectivity index (χ4n) is 1.52. The summed E-state index contributed by atoms with van der Waals surface area (Å²) in [4.78, 5) is 11.7. The monoisotopic (exact) mass is 201 g/mol. The first-order chi connectivity index (χ1) is 6.44. The molecule has 0 aromatic rings. The molecule has 0 bridgehead atoms. The molecule has 82 valence electrons. The van der Waals surface area contributed by atoms with Crippen molar-refractivity contribution in [3.63, 3.8) is 0 Å². The molecule has 4 nitrogen and oxygen atoms in total. The Labute approximate surface area is 85.0 Å². The highest BCUT2D eigenvalue weighted by molar-refractivity contribution is 5.90. The van der Waals surface area contributed by atoms with E-state index in [1.54, 1.807) is 7.11 Å². The lowest BCUT2D eigenvalue weighted by atomic mass is 10.0. The Morgan fingerprint density at radius 3 is 2.71 bits per heavy atom. The van der Waals surface area contributed by atoms with Crippen molar-refractivity contribution in [2.45, 2.75) is 38.5 Å². The number of nitrogens with one attached hydrogen (secondary N) is 1. The van der Waals surface area contributed by atoms with Crippen molar-refractivity contribution in [3.8, 4) is 0 Å². The molecular formula is C10H19NO3. The summed E-state index contributed by atoms with van der Waals surface area (Å²) in [6.07, 6.45) is -0.389. The van der Waals surface area contributed by atoms with Crippen LogP contribution >= 0.6 is 0 Å². The second-order valence-corrected chi connectivity index (χ2v) is 4.63. The van der Waals surface area contributed by atoms with Gasteiger partial charge in [0.1, 0.15) is 6.10 Å². The molecule has 0 aromatic heterocycles. The third kappa shape index (κ3) is 3.04. The molecule has 1 fully saturated rings. The maximum atomic E-state index is 11.7. The maximum absolute atomic E-state index is 11.7. The van der Waals surface area contributed by atoms with Gasteiger partial charge in [-0.3, -0.25) is 4.79 Å². The number of rotatable bonds is 3. The molecular weight excluding hydrogens is 182 g/mol. The van der Waals surface area contributed by atoms with Gasteiger partial charge in [-0.15, -0.1) is 0 Å². The predicted octanol–water partition coefficient (Wildman–Crippen LogP) is 0.357. The Balaban J connectivity index is 2.47. The van der Waals surface area contributed by atoms with Gasteiger partial charge in [0.2, 0.25) is 0 Å². The number of carbonyl (C=O) groups excluding carboxylic acids is 1. The molecule has 1 rings (SSSR count). The largest absolute Gasteiger partial charge is 0.382 e. The molecule has 1 aliphatic heterocycles. The van der Waals surface area contributed by atoms with Crippen LogP contribution in [0.5, 0.6) is 0 Å². The van der Waals surface area contributed by atoms with E-state index < -0.39 is 0 Å². The number of hydrogen-bond acceptors (Lipinski definition) is 4. The molecule has 14 heavy (non-hydrogen) atoms. The molecule has 0 aliphatic carbocycles. The maximum Gasteiger partial charge on any atom is 0.183 e. The highest BCUT2D eigenvalue weighted by atomic mass is 16.5. The van der Waals surface area contributed by atoms with Crippen molar-refractivity contribution in [2.24, 2.45) is 0 Å². The van der Waals surface area contributed by atoms with E-state index in [0.717, 1.165) is 0 Å².